The Bertz CT molecular complexity index is 648. The number of carbonyl (C=O) groups excluding carboxylic acids is 2. The third kappa shape index (κ3) is 2.65. The fraction of sp³-hybridized carbons (Fsp3) is 0.444. The van der Waals surface area contributed by atoms with Gasteiger partial charge >= 0.3 is 0 Å². The van der Waals surface area contributed by atoms with E-state index in [-0.39, 0.29) is 17.7 Å². The van der Waals surface area contributed by atoms with Crippen LogP contribution in [-0.4, -0.2) is 17.9 Å². The molecule has 0 spiro atoms. The molecule has 4 rings (SSSR count). The maximum Gasteiger partial charge on any atom is 0.251 e. The maximum absolute atomic E-state index is 12.4. The predicted molar refractivity (Wildman–Crippen MR) is 84.4 cm³/mol. The maximum atomic E-state index is 12.4. The fourth-order valence-corrected chi connectivity index (χ4v) is 3.55. The van der Waals surface area contributed by atoms with Gasteiger partial charge in [-0.1, -0.05) is 18.2 Å². The van der Waals surface area contributed by atoms with E-state index in [9.17, 15) is 9.59 Å². The van der Waals surface area contributed by atoms with Crippen LogP contribution in [0, 0.1) is 17.8 Å². The Morgan fingerprint density at radius 2 is 1.95 bits per heavy atom. The number of carbonyl (C=O) groups is 2. The highest BCUT2D eigenvalue weighted by molar-refractivity contribution is 5.98. The zero-order chi connectivity index (χ0) is 15.1. The number of nitrogens with one attached hydrogen (secondary N) is 2. The molecule has 2 bridgehead atoms. The number of hydrogen-bond donors (Lipinski definition) is 2. The van der Waals surface area contributed by atoms with Gasteiger partial charge in [0.2, 0.25) is 5.91 Å². The van der Waals surface area contributed by atoms with Gasteiger partial charge in [-0.15, -0.1) is 0 Å². The van der Waals surface area contributed by atoms with Gasteiger partial charge in [0.05, 0.1) is 0 Å². The molecule has 1 aromatic rings. The number of rotatable bonds is 4. The number of hydrogen-bond acceptors (Lipinski definition) is 2. The van der Waals surface area contributed by atoms with Gasteiger partial charge in [0.1, 0.15) is 0 Å². The van der Waals surface area contributed by atoms with E-state index < -0.39 is 0 Å². The Hall–Kier alpha value is -2.10. The molecular weight excluding hydrogens is 276 g/mol. The van der Waals surface area contributed by atoms with Gasteiger partial charge in [-0.2, -0.15) is 0 Å². The zero-order valence-electron chi connectivity index (χ0n) is 12.4. The average Bonchev–Trinajstić information content (AvgIpc) is 3.08. The smallest absolute Gasteiger partial charge is 0.251 e. The van der Waals surface area contributed by atoms with Gasteiger partial charge in [-0.25, -0.2) is 0 Å². The summed E-state index contributed by atoms with van der Waals surface area (Å²) >= 11 is 0. The van der Waals surface area contributed by atoms with Crippen molar-refractivity contribution in [2.45, 2.75) is 31.7 Å². The number of benzene rings is 1. The Labute approximate surface area is 130 Å². The molecule has 114 valence electrons. The summed E-state index contributed by atoms with van der Waals surface area (Å²) in [6, 6.07) is 7.55. The molecule has 3 aliphatic rings. The molecule has 2 N–H and O–H groups in total. The van der Waals surface area contributed by atoms with E-state index in [1.165, 1.54) is 0 Å². The van der Waals surface area contributed by atoms with Crippen LogP contribution in [0.3, 0.4) is 0 Å². The van der Waals surface area contributed by atoms with Gasteiger partial charge in [0.15, 0.2) is 0 Å². The molecule has 2 fully saturated rings. The fourth-order valence-electron chi connectivity index (χ4n) is 3.55. The van der Waals surface area contributed by atoms with Crippen molar-refractivity contribution >= 4 is 17.5 Å². The molecule has 0 saturated heterocycles. The van der Waals surface area contributed by atoms with Crippen LogP contribution in [0.1, 0.15) is 36.0 Å². The standard InChI is InChI=1S/C18H20N2O2/c21-17(19-14-6-7-14)13-2-1-3-15(10-13)20-18(22)16-9-11-4-5-12(16)8-11/h1-5,10-12,14,16H,6-9H2,(H,19,21)(H,20,22)/t11-,12-,16-/m0/s1. The molecule has 0 radical (unpaired) electrons. The van der Waals surface area contributed by atoms with Crippen LogP contribution in [0.15, 0.2) is 36.4 Å². The molecule has 22 heavy (non-hydrogen) atoms. The Morgan fingerprint density at radius 3 is 2.64 bits per heavy atom. The molecule has 0 aliphatic heterocycles. The first-order valence-electron chi connectivity index (χ1n) is 8.09. The highest BCUT2D eigenvalue weighted by Gasteiger charge is 2.39. The minimum absolute atomic E-state index is 0.0542. The molecule has 0 aromatic heterocycles. The summed E-state index contributed by atoms with van der Waals surface area (Å²) in [5.41, 5.74) is 1.32. The summed E-state index contributed by atoms with van der Waals surface area (Å²) in [6.45, 7) is 0. The van der Waals surface area contributed by atoms with E-state index in [0.29, 0.717) is 29.1 Å². The minimum Gasteiger partial charge on any atom is -0.349 e. The van der Waals surface area contributed by atoms with E-state index in [0.717, 1.165) is 25.7 Å². The first kappa shape index (κ1) is 13.6. The largest absolute Gasteiger partial charge is 0.349 e. The van der Waals surface area contributed by atoms with Crippen molar-refractivity contribution in [3.05, 3.63) is 42.0 Å². The molecule has 0 unspecified atom stereocenters. The van der Waals surface area contributed by atoms with Crippen LogP contribution in [-0.2, 0) is 4.79 Å². The van der Waals surface area contributed by atoms with Crippen molar-refractivity contribution < 1.29 is 9.59 Å². The van der Waals surface area contributed by atoms with Crippen molar-refractivity contribution in [3.63, 3.8) is 0 Å². The van der Waals surface area contributed by atoms with E-state index in [2.05, 4.69) is 22.8 Å². The van der Waals surface area contributed by atoms with Crippen LogP contribution in [0.4, 0.5) is 5.69 Å². The SMILES string of the molecule is O=C(NC1CC1)c1cccc(NC(=O)[C@H]2C[C@H]3C=C[C@H]2C3)c1. The normalized spacial score (nSPS) is 28.6. The van der Waals surface area contributed by atoms with Gasteiger partial charge in [0.25, 0.3) is 5.91 Å². The number of anilines is 1. The van der Waals surface area contributed by atoms with E-state index in [1.807, 2.05) is 12.1 Å². The quantitative estimate of drug-likeness (QED) is 0.839. The Balaban J connectivity index is 1.43. The van der Waals surface area contributed by atoms with Gasteiger partial charge in [0, 0.05) is 23.2 Å². The van der Waals surface area contributed by atoms with Crippen molar-refractivity contribution in [1.82, 2.24) is 5.32 Å². The van der Waals surface area contributed by atoms with Crippen molar-refractivity contribution in [2.75, 3.05) is 5.32 Å². The second-order valence-electron chi connectivity index (χ2n) is 6.70. The van der Waals surface area contributed by atoms with Gasteiger partial charge in [-0.3, -0.25) is 9.59 Å². The Morgan fingerprint density at radius 1 is 1.09 bits per heavy atom. The number of allylic oxidation sites excluding steroid dienone is 2. The topological polar surface area (TPSA) is 58.2 Å². The lowest BCUT2D eigenvalue weighted by Crippen LogP contribution is -2.27. The molecule has 2 saturated carbocycles. The molecule has 3 atom stereocenters. The van der Waals surface area contributed by atoms with Gasteiger partial charge in [-0.05, 0) is 55.7 Å². The summed E-state index contributed by atoms with van der Waals surface area (Å²) < 4.78 is 0. The third-order valence-electron chi connectivity index (χ3n) is 4.92. The average molecular weight is 296 g/mol. The van der Waals surface area contributed by atoms with E-state index >= 15 is 0 Å². The van der Waals surface area contributed by atoms with Crippen molar-refractivity contribution in [1.29, 1.82) is 0 Å². The first-order chi connectivity index (χ1) is 10.7. The van der Waals surface area contributed by atoms with E-state index in [4.69, 9.17) is 0 Å². The summed E-state index contributed by atoms with van der Waals surface area (Å²) in [5.74, 6) is 1.08. The first-order valence-corrected chi connectivity index (χ1v) is 8.09. The van der Waals surface area contributed by atoms with Crippen LogP contribution >= 0.6 is 0 Å². The predicted octanol–water partition coefficient (Wildman–Crippen LogP) is 2.73. The van der Waals surface area contributed by atoms with E-state index in [1.54, 1.807) is 12.1 Å². The lowest BCUT2D eigenvalue weighted by atomic mass is 9.93. The summed E-state index contributed by atoms with van der Waals surface area (Å²) in [4.78, 5) is 24.5. The summed E-state index contributed by atoms with van der Waals surface area (Å²) in [5, 5.41) is 5.95. The third-order valence-corrected chi connectivity index (χ3v) is 4.92. The van der Waals surface area contributed by atoms with Crippen molar-refractivity contribution in [2.24, 2.45) is 17.8 Å². The molecule has 4 heteroatoms. The second-order valence-corrected chi connectivity index (χ2v) is 6.70. The molecule has 0 heterocycles. The second kappa shape index (κ2) is 5.27. The number of amides is 2. The van der Waals surface area contributed by atoms with Crippen LogP contribution < -0.4 is 10.6 Å². The zero-order valence-corrected chi connectivity index (χ0v) is 12.4. The highest BCUT2D eigenvalue weighted by atomic mass is 16.2. The summed E-state index contributed by atoms with van der Waals surface area (Å²) in [6.07, 6.45) is 8.62. The molecular formula is C18H20N2O2. The molecule has 4 nitrogen and oxygen atoms in total. The van der Waals surface area contributed by atoms with Crippen molar-refractivity contribution in [3.8, 4) is 0 Å². The highest BCUT2D eigenvalue weighted by Crippen LogP contribution is 2.43. The van der Waals surface area contributed by atoms with Crippen LogP contribution in [0.25, 0.3) is 0 Å². The number of fused-ring (bicyclic) bond motifs is 2. The lowest BCUT2D eigenvalue weighted by molar-refractivity contribution is -0.120. The molecule has 1 aromatic carbocycles. The monoisotopic (exact) mass is 296 g/mol. The molecule has 2 amide bonds. The minimum atomic E-state index is -0.0542. The summed E-state index contributed by atoms with van der Waals surface area (Å²) in [7, 11) is 0. The Kier molecular flexibility index (Phi) is 3.25. The van der Waals surface area contributed by atoms with Crippen LogP contribution in [0.2, 0.25) is 0 Å². The van der Waals surface area contributed by atoms with Crippen LogP contribution in [0.5, 0.6) is 0 Å². The lowest BCUT2D eigenvalue weighted by Gasteiger charge is -2.17. The molecule has 3 aliphatic carbocycles. The van der Waals surface area contributed by atoms with Gasteiger partial charge < -0.3 is 10.6 Å².